The first-order chi connectivity index (χ1) is 8.88. The van der Waals surface area contributed by atoms with Crippen LogP contribution in [0.2, 0.25) is 0 Å². The average molecular weight is 235 g/mol. The lowest BCUT2D eigenvalue weighted by molar-refractivity contribution is 0.111. The molecule has 0 unspecified atom stereocenters. The number of fused-ring (bicyclic) bond motifs is 1. The molecule has 0 fully saturated rings. The maximum atomic E-state index is 11.2. The monoisotopic (exact) mass is 235 g/mol. The van der Waals surface area contributed by atoms with E-state index in [-0.39, 0.29) is 0 Å². The standard InChI is InChI=1S/C16H13NO/c18-12-15-10-14-8-4-5-9-16(14)17(15)11-13-6-2-1-3-7-13/h1-10,12H,11H2. The molecule has 0 radical (unpaired) electrons. The molecule has 3 rings (SSSR count). The summed E-state index contributed by atoms with van der Waals surface area (Å²) in [6.07, 6.45) is 0.920. The highest BCUT2D eigenvalue weighted by Gasteiger charge is 2.07. The van der Waals surface area contributed by atoms with Gasteiger partial charge in [0.25, 0.3) is 0 Å². The maximum Gasteiger partial charge on any atom is 0.166 e. The molecule has 0 saturated carbocycles. The molecule has 0 atom stereocenters. The van der Waals surface area contributed by atoms with Crippen LogP contribution in [0.1, 0.15) is 16.1 Å². The van der Waals surface area contributed by atoms with Gasteiger partial charge in [-0.2, -0.15) is 0 Å². The van der Waals surface area contributed by atoms with E-state index in [0.29, 0.717) is 0 Å². The summed E-state index contributed by atoms with van der Waals surface area (Å²) in [6, 6.07) is 20.2. The van der Waals surface area contributed by atoms with Gasteiger partial charge in [0.05, 0.1) is 5.69 Å². The molecule has 0 N–H and O–H groups in total. The molecule has 0 saturated heterocycles. The van der Waals surface area contributed by atoms with Crippen LogP contribution in [0.5, 0.6) is 0 Å². The van der Waals surface area contributed by atoms with E-state index in [4.69, 9.17) is 0 Å². The molecule has 2 heteroatoms. The Labute approximate surface area is 105 Å². The van der Waals surface area contributed by atoms with Crippen LogP contribution in [0, 0.1) is 0 Å². The van der Waals surface area contributed by atoms with Crippen molar-refractivity contribution in [3.8, 4) is 0 Å². The van der Waals surface area contributed by atoms with Crippen LogP contribution in [0.15, 0.2) is 60.7 Å². The zero-order valence-corrected chi connectivity index (χ0v) is 9.91. The van der Waals surface area contributed by atoms with Gasteiger partial charge in [0.15, 0.2) is 6.29 Å². The summed E-state index contributed by atoms with van der Waals surface area (Å²) in [5.74, 6) is 0. The number of para-hydroxylation sites is 1. The molecular formula is C16H13NO. The number of nitrogens with zero attached hydrogens (tertiary/aromatic N) is 1. The van der Waals surface area contributed by atoms with Crippen molar-refractivity contribution in [2.45, 2.75) is 6.54 Å². The van der Waals surface area contributed by atoms with Crippen molar-refractivity contribution in [1.82, 2.24) is 4.57 Å². The van der Waals surface area contributed by atoms with E-state index in [1.54, 1.807) is 0 Å². The van der Waals surface area contributed by atoms with Gasteiger partial charge in [-0.25, -0.2) is 0 Å². The summed E-state index contributed by atoms with van der Waals surface area (Å²) in [5, 5.41) is 1.11. The zero-order valence-electron chi connectivity index (χ0n) is 9.91. The van der Waals surface area contributed by atoms with Crippen molar-refractivity contribution in [3.05, 3.63) is 71.9 Å². The largest absolute Gasteiger partial charge is 0.334 e. The fourth-order valence-corrected chi connectivity index (χ4v) is 2.27. The Morgan fingerprint density at radius 3 is 2.44 bits per heavy atom. The minimum atomic E-state index is 0.722. The Balaban J connectivity index is 2.12. The van der Waals surface area contributed by atoms with E-state index in [0.717, 1.165) is 29.4 Å². The minimum Gasteiger partial charge on any atom is -0.334 e. The van der Waals surface area contributed by atoms with Crippen LogP contribution >= 0.6 is 0 Å². The first kappa shape index (κ1) is 10.8. The van der Waals surface area contributed by atoms with Crippen molar-refractivity contribution < 1.29 is 4.79 Å². The Bertz CT molecular complexity index is 683. The van der Waals surface area contributed by atoms with Crippen molar-refractivity contribution in [2.75, 3.05) is 0 Å². The fourth-order valence-electron chi connectivity index (χ4n) is 2.27. The van der Waals surface area contributed by atoms with E-state index in [9.17, 15) is 4.79 Å². The SMILES string of the molecule is O=Cc1cc2ccccc2n1Cc1ccccc1. The number of aldehydes is 1. The lowest BCUT2D eigenvalue weighted by atomic mass is 10.2. The molecule has 1 aromatic heterocycles. The van der Waals surface area contributed by atoms with E-state index in [1.807, 2.05) is 48.5 Å². The molecule has 1 heterocycles. The predicted octanol–water partition coefficient (Wildman–Crippen LogP) is 3.50. The second-order valence-electron chi connectivity index (χ2n) is 4.32. The molecular weight excluding hydrogens is 222 g/mol. The van der Waals surface area contributed by atoms with Gasteiger partial charge in [0.1, 0.15) is 0 Å². The minimum absolute atomic E-state index is 0.722. The van der Waals surface area contributed by atoms with Crippen LogP contribution in [0.4, 0.5) is 0 Å². The molecule has 0 aliphatic carbocycles. The van der Waals surface area contributed by atoms with Gasteiger partial charge in [-0.3, -0.25) is 4.79 Å². The van der Waals surface area contributed by atoms with Crippen molar-refractivity contribution in [3.63, 3.8) is 0 Å². The highest BCUT2D eigenvalue weighted by atomic mass is 16.1. The summed E-state index contributed by atoms with van der Waals surface area (Å²) >= 11 is 0. The predicted molar refractivity (Wildman–Crippen MR) is 72.9 cm³/mol. The molecule has 0 amide bonds. The van der Waals surface area contributed by atoms with E-state index < -0.39 is 0 Å². The molecule has 18 heavy (non-hydrogen) atoms. The third-order valence-corrected chi connectivity index (χ3v) is 3.15. The lowest BCUT2D eigenvalue weighted by Crippen LogP contribution is -2.03. The number of aromatic nitrogens is 1. The van der Waals surface area contributed by atoms with Gasteiger partial charge in [0.2, 0.25) is 0 Å². The van der Waals surface area contributed by atoms with Crippen molar-refractivity contribution in [1.29, 1.82) is 0 Å². The van der Waals surface area contributed by atoms with Gasteiger partial charge < -0.3 is 4.57 Å². The van der Waals surface area contributed by atoms with Crippen LogP contribution in [-0.4, -0.2) is 10.9 Å². The number of hydrogen-bond donors (Lipinski definition) is 0. The van der Waals surface area contributed by atoms with E-state index in [1.165, 1.54) is 5.56 Å². The Kier molecular flexibility index (Phi) is 2.69. The normalized spacial score (nSPS) is 10.7. The summed E-state index contributed by atoms with van der Waals surface area (Å²) < 4.78 is 2.05. The number of rotatable bonds is 3. The van der Waals surface area contributed by atoms with Crippen LogP contribution in [-0.2, 0) is 6.54 Å². The quantitative estimate of drug-likeness (QED) is 0.637. The Morgan fingerprint density at radius 2 is 1.67 bits per heavy atom. The fraction of sp³-hybridized carbons (Fsp3) is 0.0625. The second-order valence-corrected chi connectivity index (χ2v) is 4.32. The molecule has 3 aromatic rings. The maximum absolute atomic E-state index is 11.2. The molecule has 0 bridgehead atoms. The number of carbonyl (C=O) groups excluding carboxylic acids is 1. The van der Waals surface area contributed by atoms with Crippen molar-refractivity contribution in [2.24, 2.45) is 0 Å². The molecule has 0 aliphatic rings. The van der Waals surface area contributed by atoms with Gasteiger partial charge in [-0.05, 0) is 17.7 Å². The van der Waals surface area contributed by atoms with Crippen LogP contribution in [0.25, 0.3) is 10.9 Å². The van der Waals surface area contributed by atoms with Crippen molar-refractivity contribution >= 4 is 17.2 Å². The first-order valence-electron chi connectivity index (χ1n) is 5.96. The zero-order chi connectivity index (χ0) is 12.4. The highest BCUT2D eigenvalue weighted by molar-refractivity contribution is 5.88. The number of benzene rings is 2. The van der Waals surface area contributed by atoms with Crippen LogP contribution < -0.4 is 0 Å². The summed E-state index contributed by atoms with van der Waals surface area (Å²) in [7, 11) is 0. The Morgan fingerprint density at radius 1 is 0.944 bits per heavy atom. The van der Waals surface area contributed by atoms with Gasteiger partial charge in [-0.1, -0.05) is 48.5 Å². The second kappa shape index (κ2) is 4.49. The smallest absolute Gasteiger partial charge is 0.166 e. The van der Waals surface area contributed by atoms with Gasteiger partial charge in [-0.15, -0.1) is 0 Å². The number of carbonyl (C=O) groups is 1. The molecule has 0 aliphatic heterocycles. The molecule has 2 nitrogen and oxygen atoms in total. The van der Waals surface area contributed by atoms with Crippen LogP contribution in [0.3, 0.4) is 0 Å². The number of hydrogen-bond acceptors (Lipinski definition) is 1. The molecule has 88 valence electrons. The van der Waals surface area contributed by atoms with E-state index >= 15 is 0 Å². The summed E-state index contributed by atoms with van der Waals surface area (Å²) in [4.78, 5) is 11.2. The average Bonchev–Trinajstić information content (AvgIpc) is 2.78. The van der Waals surface area contributed by atoms with E-state index in [2.05, 4.69) is 16.7 Å². The first-order valence-corrected chi connectivity index (χ1v) is 5.96. The summed E-state index contributed by atoms with van der Waals surface area (Å²) in [6.45, 7) is 0.725. The Hall–Kier alpha value is -2.35. The third-order valence-electron chi connectivity index (χ3n) is 3.15. The van der Waals surface area contributed by atoms with Gasteiger partial charge in [0, 0.05) is 17.4 Å². The highest BCUT2D eigenvalue weighted by Crippen LogP contribution is 2.20. The summed E-state index contributed by atoms with van der Waals surface area (Å²) in [5.41, 5.74) is 3.02. The molecule has 2 aromatic carbocycles. The lowest BCUT2D eigenvalue weighted by Gasteiger charge is -2.07. The van der Waals surface area contributed by atoms with Gasteiger partial charge >= 0.3 is 0 Å². The topological polar surface area (TPSA) is 22.0 Å². The third kappa shape index (κ3) is 1.82. The molecule has 0 spiro atoms.